The van der Waals surface area contributed by atoms with Crippen molar-refractivity contribution in [2.75, 3.05) is 0 Å². The number of carboxylic acids is 1. The summed E-state index contributed by atoms with van der Waals surface area (Å²) in [6.45, 7) is 6.82. The van der Waals surface area contributed by atoms with Crippen molar-refractivity contribution in [2.45, 2.75) is 40.0 Å². The van der Waals surface area contributed by atoms with Crippen LogP contribution in [0.5, 0.6) is 0 Å². The highest BCUT2D eigenvalue weighted by Crippen LogP contribution is 2.40. The van der Waals surface area contributed by atoms with Crippen LogP contribution >= 0.6 is 11.3 Å². The SMILES string of the molecule is CC(C)(C)C1CCc2c(C(=O)O)csc2C1. The van der Waals surface area contributed by atoms with Gasteiger partial charge in [-0.25, -0.2) is 4.79 Å². The highest BCUT2D eigenvalue weighted by molar-refractivity contribution is 7.10. The van der Waals surface area contributed by atoms with Crippen LogP contribution in [0.25, 0.3) is 0 Å². The molecule has 16 heavy (non-hydrogen) atoms. The number of fused-ring (bicyclic) bond motifs is 1. The molecule has 3 heteroatoms. The maximum atomic E-state index is 11.0. The topological polar surface area (TPSA) is 37.3 Å². The summed E-state index contributed by atoms with van der Waals surface area (Å²) in [7, 11) is 0. The van der Waals surface area contributed by atoms with Gasteiger partial charge in [0.25, 0.3) is 0 Å². The molecule has 0 spiro atoms. The molecule has 1 aromatic heterocycles. The standard InChI is InChI=1S/C13H18O2S/c1-13(2,3)8-4-5-9-10(12(14)15)7-16-11(9)6-8/h7-8H,4-6H2,1-3H3,(H,14,15). The van der Waals surface area contributed by atoms with Gasteiger partial charge in [0, 0.05) is 10.3 Å². The summed E-state index contributed by atoms with van der Waals surface area (Å²) in [5.41, 5.74) is 1.95. The van der Waals surface area contributed by atoms with Crippen LogP contribution in [0.4, 0.5) is 0 Å². The summed E-state index contributed by atoms with van der Waals surface area (Å²) in [4.78, 5) is 12.3. The Morgan fingerprint density at radius 2 is 2.19 bits per heavy atom. The Kier molecular flexibility index (Phi) is 2.82. The molecule has 1 aliphatic rings. The molecule has 0 aliphatic heterocycles. The predicted octanol–water partition coefficient (Wildman–Crippen LogP) is 3.60. The summed E-state index contributed by atoms with van der Waals surface area (Å²) < 4.78 is 0. The molecule has 0 saturated carbocycles. The summed E-state index contributed by atoms with van der Waals surface area (Å²) in [6.07, 6.45) is 3.10. The van der Waals surface area contributed by atoms with Gasteiger partial charge >= 0.3 is 5.97 Å². The molecule has 0 radical (unpaired) electrons. The average molecular weight is 238 g/mol. The molecular formula is C13H18O2S. The fourth-order valence-corrected chi connectivity index (χ4v) is 3.59. The first kappa shape index (κ1) is 11.6. The molecule has 1 heterocycles. The normalized spacial score (nSPS) is 20.6. The minimum absolute atomic E-state index is 0.324. The molecule has 2 nitrogen and oxygen atoms in total. The zero-order valence-electron chi connectivity index (χ0n) is 10.0. The van der Waals surface area contributed by atoms with E-state index in [-0.39, 0.29) is 0 Å². The Hall–Kier alpha value is -0.830. The molecule has 0 saturated heterocycles. The maximum Gasteiger partial charge on any atom is 0.336 e. The van der Waals surface area contributed by atoms with Crippen molar-refractivity contribution in [2.24, 2.45) is 11.3 Å². The Balaban J connectivity index is 2.27. The average Bonchev–Trinajstić information content (AvgIpc) is 2.58. The molecule has 0 aromatic carbocycles. The van der Waals surface area contributed by atoms with Gasteiger partial charge in [-0.3, -0.25) is 0 Å². The molecule has 1 N–H and O–H groups in total. The van der Waals surface area contributed by atoms with Gasteiger partial charge < -0.3 is 5.11 Å². The van der Waals surface area contributed by atoms with Gasteiger partial charge in [0.15, 0.2) is 0 Å². The van der Waals surface area contributed by atoms with Crippen LogP contribution in [0.1, 0.15) is 48.0 Å². The molecule has 2 rings (SSSR count). The summed E-state index contributed by atoms with van der Waals surface area (Å²) in [5.74, 6) is -0.0907. The quantitative estimate of drug-likeness (QED) is 0.811. The van der Waals surface area contributed by atoms with Crippen LogP contribution in [0.15, 0.2) is 5.38 Å². The van der Waals surface area contributed by atoms with Crippen molar-refractivity contribution in [3.63, 3.8) is 0 Å². The molecule has 1 atom stereocenters. The third-order valence-electron chi connectivity index (χ3n) is 3.61. The lowest BCUT2D eigenvalue weighted by atomic mass is 9.72. The van der Waals surface area contributed by atoms with Crippen molar-refractivity contribution < 1.29 is 9.90 Å². The molecule has 88 valence electrons. The Labute approximate surface area is 100 Å². The zero-order chi connectivity index (χ0) is 11.9. The third kappa shape index (κ3) is 2.01. The maximum absolute atomic E-state index is 11.0. The van der Waals surface area contributed by atoms with Crippen molar-refractivity contribution >= 4 is 17.3 Å². The predicted molar refractivity (Wildman–Crippen MR) is 66.2 cm³/mol. The van der Waals surface area contributed by atoms with Gasteiger partial charge in [-0.05, 0) is 36.2 Å². The van der Waals surface area contributed by atoms with E-state index in [4.69, 9.17) is 5.11 Å². The number of hydrogen-bond acceptors (Lipinski definition) is 2. The largest absolute Gasteiger partial charge is 0.478 e. The van der Waals surface area contributed by atoms with E-state index in [0.717, 1.165) is 24.8 Å². The molecule has 1 unspecified atom stereocenters. The summed E-state index contributed by atoms with van der Waals surface area (Å²) in [6, 6.07) is 0. The summed E-state index contributed by atoms with van der Waals surface area (Å²) in [5, 5.41) is 10.9. The van der Waals surface area contributed by atoms with Gasteiger partial charge in [-0.2, -0.15) is 0 Å². The molecule has 0 fully saturated rings. The summed E-state index contributed by atoms with van der Waals surface area (Å²) >= 11 is 1.62. The first-order chi connectivity index (χ1) is 7.39. The van der Waals surface area contributed by atoms with Gasteiger partial charge in [0.05, 0.1) is 5.56 Å². The van der Waals surface area contributed by atoms with Crippen LogP contribution in [0.3, 0.4) is 0 Å². The number of thiophene rings is 1. The van der Waals surface area contributed by atoms with Crippen LogP contribution in [-0.2, 0) is 12.8 Å². The zero-order valence-corrected chi connectivity index (χ0v) is 10.9. The second-order valence-electron chi connectivity index (χ2n) is 5.66. The van der Waals surface area contributed by atoms with Crippen molar-refractivity contribution in [3.05, 3.63) is 21.4 Å². The number of carbonyl (C=O) groups is 1. The molecule has 1 aliphatic carbocycles. The van der Waals surface area contributed by atoms with E-state index in [9.17, 15) is 4.79 Å². The van der Waals surface area contributed by atoms with Crippen LogP contribution in [0.2, 0.25) is 0 Å². The number of hydrogen-bond donors (Lipinski definition) is 1. The van der Waals surface area contributed by atoms with E-state index in [2.05, 4.69) is 20.8 Å². The molecule has 0 amide bonds. The monoisotopic (exact) mass is 238 g/mol. The lowest BCUT2D eigenvalue weighted by Crippen LogP contribution is -2.26. The Morgan fingerprint density at radius 1 is 1.50 bits per heavy atom. The molecule has 1 aromatic rings. The van der Waals surface area contributed by atoms with Gasteiger partial charge in [-0.15, -0.1) is 11.3 Å². The highest BCUT2D eigenvalue weighted by atomic mass is 32.1. The number of carboxylic acid groups (broad SMARTS) is 1. The van der Waals surface area contributed by atoms with Crippen molar-refractivity contribution in [3.8, 4) is 0 Å². The minimum atomic E-state index is -0.772. The number of rotatable bonds is 1. The first-order valence-electron chi connectivity index (χ1n) is 5.72. The van der Waals surface area contributed by atoms with Crippen molar-refractivity contribution in [1.82, 2.24) is 0 Å². The Morgan fingerprint density at radius 3 is 2.75 bits per heavy atom. The lowest BCUT2D eigenvalue weighted by Gasteiger charge is -2.33. The first-order valence-corrected chi connectivity index (χ1v) is 6.60. The molecule has 0 bridgehead atoms. The Bertz CT molecular complexity index is 412. The van der Waals surface area contributed by atoms with Crippen LogP contribution < -0.4 is 0 Å². The van der Waals surface area contributed by atoms with E-state index in [1.165, 1.54) is 4.88 Å². The van der Waals surface area contributed by atoms with Gasteiger partial charge in [-0.1, -0.05) is 20.8 Å². The van der Waals surface area contributed by atoms with E-state index in [1.807, 2.05) is 0 Å². The van der Waals surface area contributed by atoms with E-state index < -0.39 is 5.97 Å². The van der Waals surface area contributed by atoms with E-state index >= 15 is 0 Å². The highest BCUT2D eigenvalue weighted by Gasteiger charge is 2.31. The molecular weight excluding hydrogens is 220 g/mol. The second-order valence-corrected chi connectivity index (χ2v) is 6.63. The van der Waals surface area contributed by atoms with E-state index in [1.54, 1.807) is 16.7 Å². The van der Waals surface area contributed by atoms with Crippen LogP contribution in [-0.4, -0.2) is 11.1 Å². The fraction of sp³-hybridized carbons (Fsp3) is 0.615. The van der Waals surface area contributed by atoms with Crippen LogP contribution in [0, 0.1) is 11.3 Å². The van der Waals surface area contributed by atoms with Crippen molar-refractivity contribution in [1.29, 1.82) is 0 Å². The van der Waals surface area contributed by atoms with E-state index in [0.29, 0.717) is 16.9 Å². The number of aromatic carboxylic acids is 1. The minimum Gasteiger partial charge on any atom is -0.478 e. The van der Waals surface area contributed by atoms with Gasteiger partial charge in [0.1, 0.15) is 0 Å². The third-order valence-corrected chi connectivity index (χ3v) is 4.66. The smallest absolute Gasteiger partial charge is 0.336 e. The van der Waals surface area contributed by atoms with Gasteiger partial charge in [0.2, 0.25) is 0 Å². The lowest BCUT2D eigenvalue weighted by molar-refractivity contribution is 0.0695. The second kappa shape index (κ2) is 3.88. The fourth-order valence-electron chi connectivity index (χ4n) is 2.43.